The van der Waals surface area contributed by atoms with Gasteiger partial charge in [-0.05, 0) is 43.7 Å². The fraction of sp³-hybridized carbons (Fsp3) is 0.545. The maximum absolute atomic E-state index is 12.9. The first-order valence-electron chi connectivity index (χ1n) is 10.4. The molecule has 2 heterocycles. The van der Waals surface area contributed by atoms with Gasteiger partial charge in [0.2, 0.25) is 11.8 Å². The minimum atomic E-state index is -0.276. The fourth-order valence-electron chi connectivity index (χ4n) is 4.66. The normalized spacial score (nSPS) is 20.9. The van der Waals surface area contributed by atoms with E-state index in [2.05, 4.69) is 22.4 Å². The highest BCUT2D eigenvalue weighted by atomic mass is 16.2. The summed E-state index contributed by atoms with van der Waals surface area (Å²) in [6, 6.07) is 7.94. The summed E-state index contributed by atoms with van der Waals surface area (Å²) in [6.07, 6.45) is 10.0. The standard InChI is InChI=1S/C22H29N3O2/c26-21(23-13-12-17-15-24-19-10-5-4-9-18(17)19)20-11-6-14-25(20)22(27)16-7-2-1-3-8-16/h4-5,9-10,15-16,20,24H,1-3,6-8,11-14H2,(H,23,26)/t20-/m0/s1. The molecule has 2 fully saturated rings. The zero-order chi connectivity index (χ0) is 18.6. The van der Waals surface area contributed by atoms with Gasteiger partial charge in [-0.15, -0.1) is 0 Å². The summed E-state index contributed by atoms with van der Waals surface area (Å²) in [5.74, 6) is 0.360. The molecule has 27 heavy (non-hydrogen) atoms. The van der Waals surface area contributed by atoms with Crippen LogP contribution in [0.1, 0.15) is 50.5 Å². The lowest BCUT2D eigenvalue weighted by Crippen LogP contribution is -2.48. The number of aromatic amines is 1. The van der Waals surface area contributed by atoms with Crippen LogP contribution in [-0.2, 0) is 16.0 Å². The van der Waals surface area contributed by atoms with Gasteiger partial charge in [0, 0.05) is 36.1 Å². The second kappa shape index (κ2) is 8.15. The molecule has 0 bridgehead atoms. The number of H-pyrrole nitrogens is 1. The molecular formula is C22H29N3O2. The number of rotatable bonds is 5. The first kappa shape index (κ1) is 18.1. The Labute approximate surface area is 160 Å². The van der Waals surface area contributed by atoms with Crippen LogP contribution >= 0.6 is 0 Å². The van der Waals surface area contributed by atoms with E-state index in [0.29, 0.717) is 6.54 Å². The number of carbonyl (C=O) groups is 2. The average molecular weight is 367 g/mol. The molecule has 0 spiro atoms. The van der Waals surface area contributed by atoms with Crippen molar-refractivity contribution in [2.75, 3.05) is 13.1 Å². The van der Waals surface area contributed by atoms with Gasteiger partial charge in [0.15, 0.2) is 0 Å². The quantitative estimate of drug-likeness (QED) is 0.851. The van der Waals surface area contributed by atoms with Crippen molar-refractivity contribution in [2.24, 2.45) is 5.92 Å². The number of carbonyl (C=O) groups excluding carboxylic acids is 2. The Hall–Kier alpha value is -2.30. The van der Waals surface area contributed by atoms with E-state index in [0.717, 1.165) is 57.0 Å². The molecule has 1 aromatic heterocycles. The third-order valence-electron chi connectivity index (χ3n) is 6.16. The first-order valence-corrected chi connectivity index (χ1v) is 10.4. The molecule has 1 saturated carbocycles. The molecule has 1 saturated heterocycles. The van der Waals surface area contributed by atoms with Gasteiger partial charge in [0.1, 0.15) is 6.04 Å². The minimum Gasteiger partial charge on any atom is -0.361 e. The van der Waals surface area contributed by atoms with Crippen LogP contribution in [0.2, 0.25) is 0 Å². The number of para-hydroxylation sites is 1. The van der Waals surface area contributed by atoms with Crippen molar-refractivity contribution < 1.29 is 9.59 Å². The molecule has 0 radical (unpaired) electrons. The molecule has 2 aromatic rings. The van der Waals surface area contributed by atoms with Gasteiger partial charge in [-0.2, -0.15) is 0 Å². The highest BCUT2D eigenvalue weighted by molar-refractivity contribution is 5.89. The van der Waals surface area contributed by atoms with Crippen LogP contribution in [0.4, 0.5) is 0 Å². The number of benzene rings is 1. The average Bonchev–Trinajstić information content (AvgIpc) is 3.36. The number of fused-ring (bicyclic) bond motifs is 1. The Morgan fingerprint density at radius 3 is 2.74 bits per heavy atom. The maximum atomic E-state index is 12.9. The third kappa shape index (κ3) is 3.87. The predicted molar refractivity (Wildman–Crippen MR) is 106 cm³/mol. The first-order chi connectivity index (χ1) is 13.2. The Balaban J connectivity index is 1.32. The van der Waals surface area contributed by atoms with Crippen molar-refractivity contribution in [1.82, 2.24) is 15.2 Å². The van der Waals surface area contributed by atoms with Crippen LogP contribution in [0, 0.1) is 5.92 Å². The molecule has 5 heteroatoms. The molecular weight excluding hydrogens is 338 g/mol. The zero-order valence-corrected chi connectivity index (χ0v) is 15.9. The molecule has 1 aliphatic heterocycles. The van der Waals surface area contributed by atoms with Crippen molar-refractivity contribution in [2.45, 2.75) is 57.4 Å². The lowest BCUT2D eigenvalue weighted by molar-refractivity contribution is -0.142. The van der Waals surface area contributed by atoms with Gasteiger partial charge in [-0.3, -0.25) is 9.59 Å². The fourth-order valence-corrected chi connectivity index (χ4v) is 4.66. The van der Waals surface area contributed by atoms with Crippen molar-refractivity contribution >= 4 is 22.7 Å². The highest BCUT2D eigenvalue weighted by Crippen LogP contribution is 2.28. The van der Waals surface area contributed by atoms with Crippen LogP contribution in [-0.4, -0.2) is 40.8 Å². The summed E-state index contributed by atoms with van der Waals surface area (Å²) >= 11 is 0. The molecule has 1 atom stereocenters. The Morgan fingerprint density at radius 1 is 1.07 bits per heavy atom. The zero-order valence-electron chi connectivity index (χ0n) is 15.9. The van der Waals surface area contributed by atoms with E-state index < -0.39 is 0 Å². The number of nitrogens with one attached hydrogen (secondary N) is 2. The molecule has 1 aromatic carbocycles. The van der Waals surface area contributed by atoms with E-state index in [1.807, 2.05) is 23.2 Å². The number of hydrogen-bond donors (Lipinski definition) is 2. The molecule has 1 aliphatic carbocycles. The lowest BCUT2D eigenvalue weighted by Gasteiger charge is -2.30. The van der Waals surface area contributed by atoms with E-state index in [1.54, 1.807) is 0 Å². The summed E-state index contributed by atoms with van der Waals surface area (Å²) in [5.41, 5.74) is 2.34. The lowest BCUT2D eigenvalue weighted by atomic mass is 9.88. The van der Waals surface area contributed by atoms with E-state index in [9.17, 15) is 9.59 Å². The number of amides is 2. The largest absolute Gasteiger partial charge is 0.361 e. The predicted octanol–water partition coefficient (Wildman–Crippen LogP) is 3.40. The van der Waals surface area contributed by atoms with Crippen LogP contribution in [0.5, 0.6) is 0 Å². The van der Waals surface area contributed by atoms with Gasteiger partial charge in [0.25, 0.3) is 0 Å². The van der Waals surface area contributed by atoms with Crippen LogP contribution < -0.4 is 5.32 Å². The summed E-state index contributed by atoms with van der Waals surface area (Å²) in [5, 5.41) is 4.28. The number of hydrogen-bond acceptors (Lipinski definition) is 2. The topological polar surface area (TPSA) is 65.2 Å². The maximum Gasteiger partial charge on any atom is 0.242 e. The minimum absolute atomic E-state index is 0.0106. The Morgan fingerprint density at radius 2 is 1.89 bits per heavy atom. The van der Waals surface area contributed by atoms with Gasteiger partial charge in [-0.25, -0.2) is 0 Å². The molecule has 144 valence electrons. The summed E-state index contributed by atoms with van der Waals surface area (Å²) in [4.78, 5) is 30.7. The van der Waals surface area contributed by atoms with E-state index in [-0.39, 0.29) is 23.8 Å². The molecule has 5 nitrogen and oxygen atoms in total. The van der Waals surface area contributed by atoms with Gasteiger partial charge >= 0.3 is 0 Å². The Bertz CT molecular complexity index is 807. The van der Waals surface area contributed by atoms with Crippen molar-refractivity contribution in [3.05, 3.63) is 36.0 Å². The molecule has 0 unspecified atom stereocenters. The van der Waals surface area contributed by atoms with E-state index in [1.165, 1.54) is 17.4 Å². The van der Waals surface area contributed by atoms with Gasteiger partial charge < -0.3 is 15.2 Å². The highest BCUT2D eigenvalue weighted by Gasteiger charge is 2.37. The van der Waals surface area contributed by atoms with Crippen molar-refractivity contribution in [3.63, 3.8) is 0 Å². The Kier molecular flexibility index (Phi) is 5.46. The summed E-state index contributed by atoms with van der Waals surface area (Å²) < 4.78 is 0. The third-order valence-corrected chi connectivity index (χ3v) is 6.16. The van der Waals surface area contributed by atoms with Crippen LogP contribution in [0.15, 0.2) is 30.5 Å². The van der Waals surface area contributed by atoms with Crippen LogP contribution in [0.3, 0.4) is 0 Å². The molecule has 2 aliphatic rings. The summed E-state index contributed by atoms with van der Waals surface area (Å²) in [6.45, 7) is 1.33. The number of aromatic nitrogens is 1. The smallest absolute Gasteiger partial charge is 0.242 e. The second-order valence-electron chi connectivity index (χ2n) is 7.93. The molecule has 2 amide bonds. The second-order valence-corrected chi connectivity index (χ2v) is 7.93. The molecule has 4 rings (SSSR count). The van der Waals surface area contributed by atoms with Crippen molar-refractivity contribution in [1.29, 1.82) is 0 Å². The number of nitrogens with zero attached hydrogens (tertiary/aromatic N) is 1. The van der Waals surface area contributed by atoms with E-state index in [4.69, 9.17) is 0 Å². The van der Waals surface area contributed by atoms with Crippen molar-refractivity contribution in [3.8, 4) is 0 Å². The number of likely N-dealkylation sites (tertiary alicyclic amines) is 1. The van der Waals surface area contributed by atoms with Crippen LogP contribution in [0.25, 0.3) is 10.9 Å². The monoisotopic (exact) mass is 367 g/mol. The summed E-state index contributed by atoms with van der Waals surface area (Å²) in [7, 11) is 0. The SMILES string of the molecule is O=C(NCCc1c[nH]c2ccccc12)[C@@H]1CCCN1C(=O)C1CCCCC1. The van der Waals surface area contributed by atoms with Gasteiger partial charge in [-0.1, -0.05) is 37.5 Å². The van der Waals surface area contributed by atoms with Gasteiger partial charge in [0.05, 0.1) is 0 Å². The molecule has 2 N–H and O–H groups in total. The van der Waals surface area contributed by atoms with E-state index >= 15 is 0 Å².